The van der Waals surface area contributed by atoms with Crippen LogP contribution in [0.3, 0.4) is 0 Å². The summed E-state index contributed by atoms with van der Waals surface area (Å²) in [5.74, 6) is -2.16. The first-order valence-electron chi connectivity index (χ1n) is 27.2. The number of ether oxygens (including phenoxy) is 8. The van der Waals surface area contributed by atoms with E-state index in [1.54, 1.807) is 0 Å². The minimum atomic E-state index is -2.03. The molecule has 434 valence electrons. The molecule has 0 radical (unpaired) electrons. The van der Waals surface area contributed by atoms with Gasteiger partial charge in [0.2, 0.25) is 6.29 Å². The van der Waals surface area contributed by atoms with Crippen LogP contribution in [-0.2, 0) is 47.5 Å². The zero-order chi connectivity index (χ0) is 55.6. The highest BCUT2D eigenvalue weighted by Gasteiger charge is 2.70. The maximum absolute atomic E-state index is 14.8. The molecule has 0 aromatic carbocycles. The summed E-state index contributed by atoms with van der Waals surface area (Å²) < 4.78 is 47.5. The van der Waals surface area contributed by atoms with Gasteiger partial charge in [0.15, 0.2) is 25.0 Å². The molecule has 0 amide bonds. The number of rotatable bonds is 11. The summed E-state index contributed by atoms with van der Waals surface area (Å²) in [4.78, 5) is 27.9. The van der Waals surface area contributed by atoms with Crippen molar-refractivity contribution in [3.05, 3.63) is 11.6 Å². The van der Waals surface area contributed by atoms with E-state index in [1.165, 1.54) is 5.57 Å². The van der Waals surface area contributed by atoms with Crippen molar-refractivity contribution < 1.29 is 114 Å². The smallest absolute Gasteiger partial charge is 0.335 e. The number of hydrogen-bond donors (Lipinski definition) is 13. The molecule has 8 fully saturated rings. The Morgan fingerprint density at radius 3 is 1.82 bits per heavy atom. The molecule has 5 aliphatic carbocycles. The lowest BCUT2D eigenvalue weighted by Crippen LogP contribution is -2.68. The van der Waals surface area contributed by atoms with Crippen molar-refractivity contribution in [2.45, 2.75) is 235 Å². The van der Waals surface area contributed by atoms with Crippen molar-refractivity contribution >= 4 is 11.9 Å². The maximum Gasteiger partial charge on any atom is 0.335 e. The van der Waals surface area contributed by atoms with Crippen molar-refractivity contribution in [3.8, 4) is 0 Å². The molecule has 9 aliphatic rings. The molecule has 27 atom stereocenters. The van der Waals surface area contributed by atoms with Gasteiger partial charge >= 0.3 is 11.9 Å². The van der Waals surface area contributed by atoms with Crippen LogP contribution < -0.4 is 0 Å². The van der Waals surface area contributed by atoms with Gasteiger partial charge in [0.05, 0.1) is 31.3 Å². The number of aliphatic hydroxyl groups is 12. The van der Waals surface area contributed by atoms with Crippen LogP contribution in [0.5, 0.6) is 0 Å². The van der Waals surface area contributed by atoms with Crippen LogP contribution in [0.4, 0.5) is 0 Å². The molecule has 4 saturated heterocycles. The van der Waals surface area contributed by atoms with Crippen LogP contribution in [0.1, 0.15) is 113 Å². The average Bonchev–Trinajstić information content (AvgIpc) is 3.47. The van der Waals surface area contributed by atoms with Crippen LogP contribution in [0.2, 0.25) is 0 Å². The normalized spacial score (nSPS) is 52.9. The number of esters is 1. The Bertz CT molecular complexity index is 2140. The lowest BCUT2D eigenvalue weighted by molar-refractivity contribution is -0.384. The first-order chi connectivity index (χ1) is 35.5. The average molecular weight is 1090 g/mol. The van der Waals surface area contributed by atoms with Crippen LogP contribution >= 0.6 is 0 Å². The number of hydrogen-bond acceptors (Lipinski definition) is 22. The third kappa shape index (κ3) is 9.42. The second-order valence-electron chi connectivity index (χ2n) is 25.9. The third-order valence-corrected chi connectivity index (χ3v) is 21.0. The molecule has 9 rings (SSSR count). The molecule has 0 aromatic rings. The van der Waals surface area contributed by atoms with E-state index in [0.717, 1.165) is 25.7 Å². The molecular formula is C53H84O23. The summed E-state index contributed by atoms with van der Waals surface area (Å²) in [5, 5.41) is 138. The molecule has 0 unspecified atom stereocenters. The van der Waals surface area contributed by atoms with Gasteiger partial charge < -0.3 is 104 Å². The fraction of sp³-hybridized carbons (Fsp3) is 0.925. The van der Waals surface area contributed by atoms with E-state index in [9.17, 15) is 76.0 Å². The largest absolute Gasteiger partial charge is 0.479 e. The monoisotopic (exact) mass is 1090 g/mol. The van der Waals surface area contributed by atoms with Gasteiger partial charge in [-0.3, -0.25) is 4.79 Å². The molecule has 13 N–H and O–H groups in total. The van der Waals surface area contributed by atoms with Crippen molar-refractivity contribution in [1.82, 2.24) is 0 Å². The summed E-state index contributed by atoms with van der Waals surface area (Å²) in [7, 11) is 0. The second-order valence-corrected chi connectivity index (χ2v) is 25.9. The van der Waals surface area contributed by atoms with Gasteiger partial charge in [0.25, 0.3) is 0 Å². The summed E-state index contributed by atoms with van der Waals surface area (Å²) in [6, 6.07) is 0. The Morgan fingerprint density at radius 1 is 0.605 bits per heavy atom. The molecule has 4 heterocycles. The molecular weight excluding hydrogens is 1000 g/mol. The number of carboxylic acids is 1. The molecule has 4 aliphatic heterocycles. The number of aliphatic hydroxyl groups excluding tert-OH is 12. The first-order valence-corrected chi connectivity index (χ1v) is 27.2. The third-order valence-electron chi connectivity index (χ3n) is 21.0. The van der Waals surface area contributed by atoms with Gasteiger partial charge in [-0.05, 0) is 109 Å². The summed E-state index contributed by atoms with van der Waals surface area (Å²) >= 11 is 0. The lowest BCUT2D eigenvalue weighted by atomic mass is 9.33. The van der Waals surface area contributed by atoms with Gasteiger partial charge in [-0.1, -0.05) is 60.1 Å². The fourth-order valence-electron chi connectivity index (χ4n) is 16.2. The van der Waals surface area contributed by atoms with Crippen LogP contribution in [0.15, 0.2) is 11.6 Å². The zero-order valence-corrected chi connectivity index (χ0v) is 44.4. The van der Waals surface area contributed by atoms with E-state index in [1.807, 2.05) is 0 Å². The molecule has 0 bridgehead atoms. The number of allylic oxidation sites excluding steroid dienone is 2. The second kappa shape index (κ2) is 21.0. The quantitative estimate of drug-likeness (QED) is 0.0649. The van der Waals surface area contributed by atoms with E-state index in [0.29, 0.717) is 38.5 Å². The Labute approximate surface area is 442 Å². The highest BCUT2D eigenvalue weighted by Crippen LogP contribution is 2.76. The molecule has 23 heteroatoms. The van der Waals surface area contributed by atoms with Gasteiger partial charge in [-0.15, -0.1) is 0 Å². The SMILES string of the molecule is CC1(C)CC[C@@]2(C(=O)O[C@@H]3O[C@H](CO)[C@@H](O)[C@H](O)[C@H]3O)CC[C@@]3(C)C(=CC[C@@H]4[C@@]5(C)CC[C@H](O[C@@H]6O[C@H](C(=O)O)[C@@H](O[C@@H]7OC[C@@H](O)[C@H](O)[C@H]7O)[C@H](O[C@@H]7O[C@H](CO)[C@H](O)[C@H](O)[C@H]7O)[C@H]6O)C(C)(C)[C@@H]5CC[C@@]43C)[C@H]2C1. The summed E-state index contributed by atoms with van der Waals surface area (Å²) in [6.45, 7) is 13.7. The van der Waals surface area contributed by atoms with E-state index < -0.39 is 165 Å². The van der Waals surface area contributed by atoms with Crippen LogP contribution in [-0.4, -0.2) is 221 Å². The van der Waals surface area contributed by atoms with Crippen molar-refractivity contribution in [1.29, 1.82) is 0 Å². The van der Waals surface area contributed by atoms with Gasteiger partial charge in [-0.25, -0.2) is 4.79 Å². The van der Waals surface area contributed by atoms with Gasteiger partial charge in [0, 0.05) is 0 Å². The van der Waals surface area contributed by atoms with Crippen LogP contribution in [0, 0.1) is 50.2 Å². The fourth-order valence-corrected chi connectivity index (χ4v) is 16.2. The number of fused-ring (bicyclic) bond motifs is 7. The number of carboxylic acid groups (broad SMARTS) is 1. The molecule has 76 heavy (non-hydrogen) atoms. The number of aliphatic carboxylic acids is 1. The zero-order valence-electron chi connectivity index (χ0n) is 44.4. The van der Waals surface area contributed by atoms with Gasteiger partial charge in [-0.2, -0.15) is 0 Å². The minimum Gasteiger partial charge on any atom is -0.479 e. The Hall–Kier alpha value is -2.08. The highest BCUT2D eigenvalue weighted by atomic mass is 16.8. The molecule has 0 aromatic heterocycles. The standard InChI is InChI=1S/C53H84O23/c1-48(2)14-16-53(47(68)76-45-37(64)34(61)32(59)26(20-55)71-45)17-15-51(6)22(23(53)18-48)8-9-28-50(5)12-11-29(49(3,4)27(50)10-13-52(28,51)7)72-46-38(65)39(73-44-36(63)33(60)31(58)25(19-54)70-44)40(41(75-46)42(66)67)74-43-35(62)30(57)24(56)21-69-43/h8,23-41,43-46,54-65H,9-21H2,1-7H3,(H,66,67)/t23-,24-,25-,26-,27+,28-,29+,30+,31+,32-,33+,34+,35-,36-,37-,38-,39-,40+,41+,43+,44+,45+,46-,50+,51+,52+,53-/m1/s1. The van der Waals surface area contributed by atoms with Crippen molar-refractivity contribution in [3.63, 3.8) is 0 Å². The summed E-state index contributed by atoms with van der Waals surface area (Å²) in [6.07, 6.45) is -25.0. The summed E-state index contributed by atoms with van der Waals surface area (Å²) in [5.41, 5.74) is -1.33. The van der Waals surface area contributed by atoms with Crippen LogP contribution in [0.25, 0.3) is 0 Å². The predicted octanol–water partition coefficient (Wildman–Crippen LogP) is -1.30. The predicted molar refractivity (Wildman–Crippen MR) is 257 cm³/mol. The Kier molecular flexibility index (Phi) is 16.2. The minimum absolute atomic E-state index is 0.0279. The molecule has 23 nitrogen and oxygen atoms in total. The lowest BCUT2D eigenvalue weighted by Gasteiger charge is -2.71. The van der Waals surface area contributed by atoms with E-state index >= 15 is 0 Å². The van der Waals surface area contributed by atoms with Crippen molar-refractivity contribution in [2.75, 3.05) is 19.8 Å². The maximum atomic E-state index is 14.8. The van der Waals surface area contributed by atoms with Gasteiger partial charge in [0.1, 0.15) is 85.5 Å². The Balaban J connectivity index is 0.970. The van der Waals surface area contributed by atoms with E-state index in [4.69, 9.17) is 37.9 Å². The molecule has 4 saturated carbocycles. The van der Waals surface area contributed by atoms with Crippen molar-refractivity contribution in [2.24, 2.45) is 50.2 Å². The highest BCUT2D eigenvalue weighted by molar-refractivity contribution is 5.79. The van der Waals surface area contributed by atoms with E-state index in [2.05, 4.69) is 54.5 Å². The number of carbonyl (C=O) groups excluding carboxylic acids is 1. The molecule has 0 spiro atoms. The topological polar surface area (TPSA) is 371 Å². The number of carbonyl (C=O) groups is 2. The first kappa shape index (κ1) is 58.6. The Morgan fingerprint density at radius 2 is 1.18 bits per heavy atom. The van der Waals surface area contributed by atoms with E-state index in [-0.39, 0.29) is 39.4 Å².